The summed E-state index contributed by atoms with van der Waals surface area (Å²) in [5.41, 5.74) is 1.49. The van der Waals surface area contributed by atoms with E-state index in [1.165, 1.54) is 17.0 Å². The zero-order chi connectivity index (χ0) is 17.9. The number of carbonyl (C=O) groups excluding carboxylic acids is 1. The van der Waals surface area contributed by atoms with E-state index in [1.54, 1.807) is 12.1 Å². The van der Waals surface area contributed by atoms with Crippen LogP contribution in [-0.2, 0) is 11.3 Å². The van der Waals surface area contributed by atoms with E-state index in [-0.39, 0.29) is 11.9 Å². The van der Waals surface area contributed by atoms with Crippen molar-refractivity contribution in [3.05, 3.63) is 66.0 Å². The number of ether oxygens (including phenoxy) is 1. The molecule has 0 N–H and O–H groups in total. The van der Waals surface area contributed by atoms with Gasteiger partial charge < -0.3 is 4.74 Å². The molecule has 3 fully saturated rings. The molecule has 3 aliphatic rings. The highest BCUT2D eigenvalue weighted by Crippen LogP contribution is 2.30. The van der Waals surface area contributed by atoms with E-state index in [2.05, 4.69) is 4.90 Å². The number of anilines is 1. The minimum atomic E-state index is -0.404. The van der Waals surface area contributed by atoms with Crippen molar-refractivity contribution in [2.45, 2.75) is 25.5 Å². The average molecular weight is 354 g/mol. The topological polar surface area (TPSA) is 32.8 Å². The zero-order valence-electron chi connectivity index (χ0n) is 14.7. The van der Waals surface area contributed by atoms with Gasteiger partial charge in [-0.3, -0.25) is 9.80 Å². The first-order valence-electron chi connectivity index (χ1n) is 9.19. The van der Waals surface area contributed by atoms with Crippen molar-refractivity contribution in [1.29, 1.82) is 0 Å². The molecular formula is C21H23FN2O2. The molecule has 2 aromatic carbocycles. The second-order valence-electron chi connectivity index (χ2n) is 7.11. The molecule has 3 saturated heterocycles. The molecule has 0 radical (unpaired) electrons. The fraction of sp³-hybridized carbons (Fsp3) is 0.381. The maximum atomic E-state index is 13.7. The average Bonchev–Trinajstić information content (AvgIpc) is 2.68. The van der Waals surface area contributed by atoms with Crippen LogP contribution in [0.1, 0.15) is 18.4 Å². The largest absolute Gasteiger partial charge is 0.444 e. The number of fused-ring (bicyclic) bond motifs is 3. The first kappa shape index (κ1) is 17.0. The first-order chi connectivity index (χ1) is 12.7. The molecule has 3 heterocycles. The Morgan fingerprint density at radius 1 is 1.12 bits per heavy atom. The highest BCUT2D eigenvalue weighted by Gasteiger charge is 2.37. The van der Waals surface area contributed by atoms with E-state index in [9.17, 15) is 9.18 Å². The quantitative estimate of drug-likeness (QED) is 0.830. The molecular weight excluding hydrogens is 331 g/mol. The third kappa shape index (κ3) is 3.73. The molecule has 3 aliphatic heterocycles. The summed E-state index contributed by atoms with van der Waals surface area (Å²) in [4.78, 5) is 16.8. The summed E-state index contributed by atoms with van der Waals surface area (Å²) in [5, 5.41) is 0. The van der Waals surface area contributed by atoms with E-state index in [4.69, 9.17) is 4.74 Å². The van der Waals surface area contributed by atoms with Gasteiger partial charge in [0.1, 0.15) is 11.9 Å². The molecule has 0 aromatic heterocycles. The predicted octanol–water partition coefficient (Wildman–Crippen LogP) is 4.06. The summed E-state index contributed by atoms with van der Waals surface area (Å²) in [7, 11) is 0. The van der Waals surface area contributed by atoms with Crippen molar-refractivity contribution >= 4 is 11.8 Å². The van der Waals surface area contributed by atoms with Crippen LogP contribution in [0.15, 0.2) is 54.6 Å². The highest BCUT2D eigenvalue weighted by atomic mass is 19.1. The van der Waals surface area contributed by atoms with Gasteiger partial charge in [-0.05, 0) is 55.6 Å². The molecule has 1 atom stereocenters. The Hall–Kier alpha value is -2.40. The Morgan fingerprint density at radius 3 is 2.54 bits per heavy atom. The van der Waals surface area contributed by atoms with Crippen molar-refractivity contribution < 1.29 is 13.9 Å². The molecule has 136 valence electrons. The minimum absolute atomic E-state index is 0.0724. The molecule has 26 heavy (non-hydrogen) atoms. The third-order valence-electron chi connectivity index (χ3n) is 5.37. The summed E-state index contributed by atoms with van der Waals surface area (Å²) in [5.74, 6) is 0.0752. The Bertz CT molecular complexity index is 760. The van der Waals surface area contributed by atoms with E-state index in [0.717, 1.165) is 38.0 Å². The number of hydrogen-bond donors (Lipinski definition) is 0. The van der Waals surface area contributed by atoms with Gasteiger partial charge in [-0.15, -0.1) is 0 Å². The standard InChI is InChI=1S/C21H23FN2O2/c22-18-7-4-8-19(13-18)24(14-16-5-2-1-3-6-16)21(25)26-20-15-23-11-9-17(20)10-12-23/h1-8,13,17,20H,9-12,14-15H2. The lowest BCUT2D eigenvalue weighted by Gasteiger charge is -2.44. The van der Waals surface area contributed by atoms with Crippen molar-refractivity contribution in [2.75, 3.05) is 24.5 Å². The van der Waals surface area contributed by atoms with Gasteiger partial charge in [0.25, 0.3) is 0 Å². The number of hydrogen-bond acceptors (Lipinski definition) is 3. The number of rotatable bonds is 4. The van der Waals surface area contributed by atoms with Gasteiger partial charge >= 0.3 is 6.09 Å². The maximum Gasteiger partial charge on any atom is 0.414 e. The fourth-order valence-electron chi connectivity index (χ4n) is 3.91. The molecule has 0 spiro atoms. The van der Waals surface area contributed by atoms with Crippen molar-refractivity contribution in [2.24, 2.45) is 5.92 Å². The number of amides is 1. The van der Waals surface area contributed by atoms with Crippen LogP contribution in [0, 0.1) is 11.7 Å². The van der Waals surface area contributed by atoms with Crippen LogP contribution in [0.4, 0.5) is 14.9 Å². The second kappa shape index (κ2) is 7.46. The number of halogens is 1. The molecule has 0 saturated carbocycles. The Morgan fingerprint density at radius 2 is 1.88 bits per heavy atom. The maximum absolute atomic E-state index is 13.7. The molecule has 0 aliphatic carbocycles. The molecule has 2 bridgehead atoms. The van der Waals surface area contributed by atoms with Crippen LogP contribution in [0.5, 0.6) is 0 Å². The first-order valence-corrected chi connectivity index (χ1v) is 9.19. The van der Waals surface area contributed by atoms with Crippen molar-refractivity contribution in [3.63, 3.8) is 0 Å². The van der Waals surface area contributed by atoms with Crippen LogP contribution < -0.4 is 4.90 Å². The normalized spacial score (nSPS) is 24.3. The highest BCUT2D eigenvalue weighted by molar-refractivity contribution is 5.87. The Balaban J connectivity index is 1.54. The lowest BCUT2D eigenvalue weighted by molar-refractivity contribution is -0.0311. The molecule has 2 aromatic rings. The predicted molar refractivity (Wildman–Crippen MR) is 98.5 cm³/mol. The lowest BCUT2D eigenvalue weighted by Crippen LogP contribution is -2.53. The third-order valence-corrected chi connectivity index (χ3v) is 5.37. The van der Waals surface area contributed by atoms with Crippen molar-refractivity contribution in [3.8, 4) is 0 Å². The number of piperidine rings is 3. The fourth-order valence-corrected chi connectivity index (χ4v) is 3.91. The summed E-state index contributed by atoms with van der Waals surface area (Å²) >= 11 is 0. The summed E-state index contributed by atoms with van der Waals surface area (Å²) < 4.78 is 19.6. The molecule has 5 rings (SSSR count). The monoisotopic (exact) mass is 354 g/mol. The molecule has 5 heteroatoms. The van der Waals surface area contributed by atoms with E-state index in [1.807, 2.05) is 30.3 Å². The lowest BCUT2D eigenvalue weighted by atomic mass is 9.86. The van der Waals surface area contributed by atoms with Gasteiger partial charge in [0.05, 0.1) is 12.2 Å². The zero-order valence-corrected chi connectivity index (χ0v) is 14.7. The van der Waals surface area contributed by atoms with Gasteiger partial charge in [-0.1, -0.05) is 36.4 Å². The summed E-state index contributed by atoms with van der Waals surface area (Å²) in [6.45, 7) is 3.34. The molecule has 1 amide bonds. The summed E-state index contributed by atoms with van der Waals surface area (Å²) in [6, 6.07) is 15.8. The van der Waals surface area contributed by atoms with E-state index >= 15 is 0 Å². The molecule has 1 unspecified atom stereocenters. The van der Waals surface area contributed by atoms with Gasteiger partial charge in [0.2, 0.25) is 0 Å². The number of nitrogens with zero attached hydrogens (tertiary/aromatic N) is 2. The van der Waals surface area contributed by atoms with Crippen LogP contribution >= 0.6 is 0 Å². The Labute approximate surface area is 153 Å². The van der Waals surface area contributed by atoms with Crippen LogP contribution in [-0.4, -0.2) is 36.7 Å². The van der Waals surface area contributed by atoms with E-state index < -0.39 is 6.09 Å². The van der Waals surface area contributed by atoms with Crippen LogP contribution in [0.3, 0.4) is 0 Å². The van der Waals surface area contributed by atoms with Gasteiger partial charge in [-0.25, -0.2) is 9.18 Å². The number of benzene rings is 2. The van der Waals surface area contributed by atoms with Gasteiger partial charge in [0.15, 0.2) is 0 Å². The van der Waals surface area contributed by atoms with Gasteiger partial charge in [-0.2, -0.15) is 0 Å². The second-order valence-corrected chi connectivity index (χ2v) is 7.11. The van der Waals surface area contributed by atoms with E-state index in [0.29, 0.717) is 18.2 Å². The Kier molecular flexibility index (Phi) is 4.89. The van der Waals surface area contributed by atoms with Crippen LogP contribution in [0.25, 0.3) is 0 Å². The molecule has 4 nitrogen and oxygen atoms in total. The van der Waals surface area contributed by atoms with Gasteiger partial charge in [0, 0.05) is 6.54 Å². The smallest absolute Gasteiger partial charge is 0.414 e. The minimum Gasteiger partial charge on any atom is -0.444 e. The summed E-state index contributed by atoms with van der Waals surface area (Å²) in [6.07, 6.45) is 1.68. The van der Waals surface area contributed by atoms with Crippen LogP contribution in [0.2, 0.25) is 0 Å². The van der Waals surface area contributed by atoms with Crippen molar-refractivity contribution in [1.82, 2.24) is 4.90 Å². The number of carbonyl (C=O) groups is 1. The SMILES string of the molecule is O=C(OC1CN2CCC1CC2)N(Cc1ccccc1)c1cccc(F)c1.